The number of aromatic nitrogens is 2. The molecule has 0 saturated heterocycles. The number of fused-ring (bicyclic) bond motifs is 1. The van der Waals surface area contributed by atoms with Crippen molar-refractivity contribution in [3.05, 3.63) is 50.2 Å². The molecule has 142 valence electrons. The second-order valence-corrected chi connectivity index (χ2v) is 6.52. The third-order valence-corrected chi connectivity index (χ3v) is 4.75. The van der Waals surface area contributed by atoms with E-state index in [0.29, 0.717) is 36.6 Å². The van der Waals surface area contributed by atoms with Crippen molar-refractivity contribution in [2.24, 2.45) is 5.10 Å². The Bertz CT molecular complexity index is 1020. The molecule has 1 unspecified atom stereocenters. The van der Waals surface area contributed by atoms with Gasteiger partial charge in [0.2, 0.25) is 12.7 Å². The van der Waals surface area contributed by atoms with Crippen molar-refractivity contribution in [1.82, 2.24) is 15.0 Å². The SMILES string of the molecule is CCCCn1c(O)c(C2=NNC(c3ccc4c(c3)OCO4)C2)c(=O)[nH]c1=O. The maximum absolute atomic E-state index is 12.3. The van der Waals surface area contributed by atoms with Gasteiger partial charge in [0.15, 0.2) is 11.5 Å². The van der Waals surface area contributed by atoms with Gasteiger partial charge in [-0.05, 0) is 24.1 Å². The van der Waals surface area contributed by atoms with Crippen molar-refractivity contribution in [3.8, 4) is 17.4 Å². The van der Waals surface area contributed by atoms with Gasteiger partial charge in [-0.2, -0.15) is 5.10 Å². The smallest absolute Gasteiger partial charge is 0.331 e. The van der Waals surface area contributed by atoms with Gasteiger partial charge in [-0.15, -0.1) is 0 Å². The first-order chi connectivity index (χ1) is 13.1. The molecule has 2 aliphatic rings. The van der Waals surface area contributed by atoms with Crippen molar-refractivity contribution >= 4 is 5.71 Å². The molecule has 1 aromatic carbocycles. The van der Waals surface area contributed by atoms with E-state index in [1.165, 1.54) is 4.57 Å². The number of benzene rings is 1. The molecule has 0 radical (unpaired) electrons. The van der Waals surface area contributed by atoms with Gasteiger partial charge in [0.05, 0.1) is 11.8 Å². The van der Waals surface area contributed by atoms with Gasteiger partial charge in [-0.25, -0.2) is 4.79 Å². The summed E-state index contributed by atoms with van der Waals surface area (Å²) in [6.45, 7) is 2.51. The lowest BCUT2D eigenvalue weighted by molar-refractivity contribution is 0.174. The van der Waals surface area contributed by atoms with Gasteiger partial charge >= 0.3 is 5.69 Å². The Morgan fingerprint density at radius 1 is 1.30 bits per heavy atom. The number of hydrogen-bond donors (Lipinski definition) is 3. The first-order valence-electron chi connectivity index (χ1n) is 8.86. The van der Waals surface area contributed by atoms with E-state index in [2.05, 4.69) is 15.5 Å². The van der Waals surface area contributed by atoms with Crippen LogP contribution in [0.1, 0.15) is 43.4 Å². The number of nitrogens with one attached hydrogen (secondary N) is 2. The van der Waals surface area contributed by atoms with E-state index in [1.54, 1.807) is 0 Å². The quantitative estimate of drug-likeness (QED) is 0.726. The number of hydrazone groups is 1. The summed E-state index contributed by atoms with van der Waals surface area (Å²) in [7, 11) is 0. The molecule has 3 heterocycles. The van der Waals surface area contributed by atoms with Crippen molar-refractivity contribution in [2.75, 3.05) is 6.79 Å². The Morgan fingerprint density at radius 2 is 2.11 bits per heavy atom. The van der Waals surface area contributed by atoms with Crippen LogP contribution in [0.25, 0.3) is 0 Å². The van der Waals surface area contributed by atoms with Crippen LogP contribution < -0.4 is 26.1 Å². The molecule has 0 saturated carbocycles. The monoisotopic (exact) mass is 372 g/mol. The van der Waals surface area contributed by atoms with Crippen molar-refractivity contribution in [2.45, 2.75) is 38.8 Å². The lowest BCUT2D eigenvalue weighted by Crippen LogP contribution is -2.33. The van der Waals surface area contributed by atoms with E-state index >= 15 is 0 Å². The molecular weight excluding hydrogens is 352 g/mol. The summed E-state index contributed by atoms with van der Waals surface area (Å²) in [4.78, 5) is 26.6. The zero-order valence-electron chi connectivity index (χ0n) is 14.8. The van der Waals surface area contributed by atoms with Crippen LogP contribution in [-0.2, 0) is 6.54 Å². The molecule has 9 heteroatoms. The van der Waals surface area contributed by atoms with Gasteiger partial charge in [-0.1, -0.05) is 19.4 Å². The molecule has 0 aliphatic carbocycles. The van der Waals surface area contributed by atoms with E-state index in [0.717, 1.165) is 12.0 Å². The van der Waals surface area contributed by atoms with Crippen LogP contribution in [-0.4, -0.2) is 27.2 Å². The second kappa shape index (κ2) is 6.82. The average Bonchev–Trinajstić information content (AvgIpc) is 3.30. The fraction of sp³-hybridized carbons (Fsp3) is 0.389. The lowest BCUT2D eigenvalue weighted by Gasteiger charge is -2.12. The van der Waals surface area contributed by atoms with E-state index in [-0.39, 0.29) is 24.3 Å². The van der Waals surface area contributed by atoms with Crippen LogP contribution in [0.5, 0.6) is 17.4 Å². The molecule has 4 rings (SSSR count). The number of rotatable bonds is 5. The van der Waals surface area contributed by atoms with E-state index < -0.39 is 11.2 Å². The Morgan fingerprint density at radius 3 is 2.93 bits per heavy atom. The third kappa shape index (κ3) is 3.05. The summed E-state index contributed by atoms with van der Waals surface area (Å²) >= 11 is 0. The van der Waals surface area contributed by atoms with Crippen LogP contribution in [0.4, 0.5) is 0 Å². The molecule has 2 aromatic rings. The lowest BCUT2D eigenvalue weighted by atomic mass is 9.99. The topological polar surface area (TPSA) is 118 Å². The zero-order valence-corrected chi connectivity index (χ0v) is 14.8. The summed E-state index contributed by atoms with van der Waals surface area (Å²) in [5.41, 5.74) is 3.08. The highest BCUT2D eigenvalue weighted by atomic mass is 16.7. The van der Waals surface area contributed by atoms with Crippen LogP contribution in [0, 0.1) is 0 Å². The van der Waals surface area contributed by atoms with Crippen LogP contribution in [0.3, 0.4) is 0 Å². The van der Waals surface area contributed by atoms with Crippen LogP contribution in [0.15, 0.2) is 32.9 Å². The summed E-state index contributed by atoms with van der Waals surface area (Å²) in [5, 5.41) is 14.7. The first kappa shape index (κ1) is 17.2. The van der Waals surface area contributed by atoms with Crippen LogP contribution in [0.2, 0.25) is 0 Å². The molecule has 1 aromatic heterocycles. The number of aromatic hydroxyl groups is 1. The highest BCUT2D eigenvalue weighted by molar-refractivity contribution is 6.03. The van der Waals surface area contributed by atoms with Crippen molar-refractivity contribution in [3.63, 3.8) is 0 Å². The Hall–Kier alpha value is -3.23. The van der Waals surface area contributed by atoms with E-state index in [9.17, 15) is 14.7 Å². The zero-order chi connectivity index (χ0) is 19.0. The Labute approximate surface area is 154 Å². The standard InChI is InChI=1S/C18H20N4O5/c1-2-3-6-22-17(24)15(16(23)19-18(22)25)12-8-11(20-21-12)10-4-5-13-14(7-10)27-9-26-13/h4-5,7,11,20,24H,2-3,6,8-9H2,1H3,(H,19,23,25). The van der Waals surface area contributed by atoms with Gasteiger partial charge < -0.3 is 20.0 Å². The first-order valence-corrected chi connectivity index (χ1v) is 8.86. The Balaban J connectivity index is 1.62. The maximum Gasteiger partial charge on any atom is 0.331 e. The summed E-state index contributed by atoms with van der Waals surface area (Å²) in [5.74, 6) is 1.01. The predicted molar refractivity (Wildman–Crippen MR) is 97.5 cm³/mol. The molecule has 1 atom stereocenters. The van der Waals surface area contributed by atoms with Crippen LogP contribution >= 0.6 is 0 Å². The number of hydrogen-bond acceptors (Lipinski definition) is 7. The number of aromatic amines is 1. The summed E-state index contributed by atoms with van der Waals surface area (Å²) < 4.78 is 11.9. The van der Waals surface area contributed by atoms with Crippen molar-refractivity contribution in [1.29, 1.82) is 0 Å². The summed E-state index contributed by atoms with van der Waals surface area (Å²) in [6.07, 6.45) is 1.96. The maximum atomic E-state index is 12.3. The van der Waals surface area contributed by atoms with Gasteiger partial charge in [0.25, 0.3) is 5.56 Å². The highest BCUT2D eigenvalue weighted by Gasteiger charge is 2.28. The summed E-state index contributed by atoms with van der Waals surface area (Å²) in [6, 6.07) is 5.41. The van der Waals surface area contributed by atoms with E-state index in [1.807, 2.05) is 25.1 Å². The van der Waals surface area contributed by atoms with E-state index in [4.69, 9.17) is 9.47 Å². The predicted octanol–water partition coefficient (Wildman–Crippen LogP) is 1.21. The second-order valence-electron chi connectivity index (χ2n) is 6.52. The van der Waals surface area contributed by atoms with Gasteiger partial charge in [0, 0.05) is 13.0 Å². The van der Waals surface area contributed by atoms with Gasteiger partial charge in [-0.3, -0.25) is 14.3 Å². The third-order valence-electron chi connectivity index (χ3n) is 4.75. The average molecular weight is 372 g/mol. The fourth-order valence-electron chi connectivity index (χ4n) is 3.26. The molecule has 9 nitrogen and oxygen atoms in total. The minimum absolute atomic E-state index is 0.0291. The fourth-order valence-corrected chi connectivity index (χ4v) is 3.26. The number of unbranched alkanes of at least 4 members (excludes halogenated alkanes) is 1. The molecule has 0 bridgehead atoms. The minimum atomic E-state index is -0.642. The molecule has 27 heavy (non-hydrogen) atoms. The molecule has 2 aliphatic heterocycles. The largest absolute Gasteiger partial charge is 0.494 e. The molecule has 0 amide bonds. The number of H-pyrrole nitrogens is 1. The van der Waals surface area contributed by atoms with Crippen molar-refractivity contribution < 1.29 is 14.6 Å². The molecule has 0 fully saturated rings. The minimum Gasteiger partial charge on any atom is -0.494 e. The number of nitrogens with zero attached hydrogens (tertiary/aromatic N) is 2. The Kier molecular flexibility index (Phi) is 4.35. The molecule has 3 N–H and O–H groups in total. The highest BCUT2D eigenvalue weighted by Crippen LogP contribution is 2.36. The molecular formula is C18H20N4O5. The van der Waals surface area contributed by atoms with Gasteiger partial charge in [0.1, 0.15) is 5.56 Å². The normalized spacial score (nSPS) is 17.7. The number of ether oxygens (including phenoxy) is 2. The molecule has 0 spiro atoms.